The van der Waals surface area contributed by atoms with Crippen molar-refractivity contribution >= 4 is 17.5 Å². The fourth-order valence-electron chi connectivity index (χ4n) is 2.59. The molecule has 1 aliphatic rings. The van der Waals surface area contributed by atoms with Gasteiger partial charge in [0.25, 0.3) is 5.91 Å². The lowest BCUT2D eigenvalue weighted by molar-refractivity contribution is 0.0933. The van der Waals surface area contributed by atoms with Crippen LogP contribution >= 0.6 is 11.6 Å². The predicted molar refractivity (Wildman–Crippen MR) is 77.5 cm³/mol. The van der Waals surface area contributed by atoms with Crippen molar-refractivity contribution in [2.75, 3.05) is 0 Å². The van der Waals surface area contributed by atoms with Crippen molar-refractivity contribution in [1.82, 2.24) is 10.3 Å². The summed E-state index contributed by atoms with van der Waals surface area (Å²) >= 11 is 6.10. The first-order valence-electron chi connectivity index (χ1n) is 6.99. The van der Waals surface area contributed by atoms with E-state index in [1.165, 1.54) is 19.3 Å². The fraction of sp³-hybridized carbons (Fsp3) is 0.600. The molecule has 1 aromatic rings. The molecule has 1 aromatic heterocycles. The van der Waals surface area contributed by atoms with Crippen molar-refractivity contribution in [3.8, 4) is 0 Å². The Morgan fingerprint density at radius 3 is 2.89 bits per heavy atom. The normalized spacial score (nSPS) is 23.7. The molecule has 104 valence electrons. The van der Waals surface area contributed by atoms with E-state index in [2.05, 4.69) is 17.2 Å². The second-order valence-corrected chi connectivity index (χ2v) is 6.00. The molecule has 3 nitrogen and oxygen atoms in total. The predicted octanol–water partition coefficient (Wildman–Crippen LogP) is 3.74. The van der Waals surface area contributed by atoms with Crippen molar-refractivity contribution in [2.24, 2.45) is 5.92 Å². The minimum atomic E-state index is -0.1000. The number of pyridine rings is 1. The summed E-state index contributed by atoms with van der Waals surface area (Å²) in [5.74, 6) is 0.670. The maximum atomic E-state index is 12.2. The maximum absolute atomic E-state index is 12.2. The number of amides is 1. The van der Waals surface area contributed by atoms with Crippen LogP contribution in [0.15, 0.2) is 12.3 Å². The zero-order valence-electron chi connectivity index (χ0n) is 11.6. The fourth-order valence-corrected chi connectivity index (χ4v) is 2.88. The second-order valence-electron chi connectivity index (χ2n) is 5.59. The lowest BCUT2D eigenvalue weighted by Crippen LogP contribution is -2.34. The number of hydrogen-bond acceptors (Lipinski definition) is 2. The Hall–Kier alpha value is -1.09. The Labute approximate surface area is 119 Å². The van der Waals surface area contributed by atoms with Crippen LogP contribution in [-0.4, -0.2) is 16.9 Å². The van der Waals surface area contributed by atoms with Crippen molar-refractivity contribution in [3.63, 3.8) is 0 Å². The largest absolute Gasteiger partial charge is 0.349 e. The van der Waals surface area contributed by atoms with E-state index in [1.807, 2.05) is 6.92 Å². The minimum absolute atomic E-state index is 0.1000. The standard InChI is InChI=1S/C15H21ClN2O/c1-10-4-3-5-12(7-6-10)18-15(19)13-9-17-11(2)8-14(13)16/h8-10,12H,3-7H2,1-2H3,(H,18,19). The van der Waals surface area contributed by atoms with Gasteiger partial charge in [-0.05, 0) is 38.2 Å². The Morgan fingerprint density at radius 1 is 1.37 bits per heavy atom. The summed E-state index contributed by atoms with van der Waals surface area (Å²) in [5, 5.41) is 3.57. The molecular formula is C15H21ClN2O. The third-order valence-corrected chi connectivity index (χ3v) is 4.14. The number of rotatable bonds is 2. The highest BCUT2D eigenvalue weighted by atomic mass is 35.5. The molecule has 1 fully saturated rings. The van der Waals surface area contributed by atoms with E-state index in [4.69, 9.17) is 11.6 Å². The lowest BCUT2D eigenvalue weighted by Gasteiger charge is -2.16. The number of aromatic nitrogens is 1. The van der Waals surface area contributed by atoms with Gasteiger partial charge in [-0.25, -0.2) is 0 Å². The summed E-state index contributed by atoms with van der Waals surface area (Å²) in [4.78, 5) is 16.3. The van der Waals surface area contributed by atoms with Crippen LogP contribution in [-0.2, 0) is 0 Å². The zero-order valence-corrected chi connectivity index (χ0v) is 12.3. The first kappa shape index (κ1) is 14.3. The number of carbonyl (C=O) groups excluding carboxylic acids is 1. The van der Waals surface area contributed by atoms with Crippen LogP contribution in [0.25, 0.3) is 0 Å². The molecule has 1 heterocycles. The van der Waals surface area contributed by atoms with Crippen molar-refractivity contribution in [3.05, 3.63) is 28.5 Å². The molecule has 2 unspecified atom stereocenters. The maximum Gasteiger partial charge on any atom is 0.254 e. The number of hydrogen-bond donors (Lipinski definition) is 1. The number of carbonyl (C=O) groups is 1. The zero-order chi connectivity index (χ0) is 13.8. The molecule has 1 N–H and O–H groups in total. The van der Waals surface area contributed by atoms with Gasteiger partial charge in [0.2, 0.25) is 0 Å². The van der Waals surface area contributed by atoms with Crippen LogP contribution in [0.2, 0.25) is 5.02 Å². The summed E-state index contributed by atoms with van der Waals surface area (Å²) < 4.78 is 0. The Morgan fingerprint density at radius 2 is 2.16 bits per heavy atom. The average Bonchev–Trinajstić information content (AvgIpc) is 2.54. The highest BCUT2D eigenvalue weighted by Gasteiger charge is 2.19. The number of nitrogens with zero attached hydrogens (tertiary/aromatic N) is 1. The van der Waals surface area contributed by atoms with E-state index in [9.17, 15) is 4.79 Å². The molecule has 0 aromatic carbocycles. The van der Waals surface area contributed by atoms with Gasteiger partial charge in [0.1, 0.15) is 0 Å². The molecule has 0 radical (unpaired) electrons. The van der Waals surface area contributed by atoms with E-state index >= 15 is 0 Å². The number of aryl methyl sites for hydroxylation is 1. The van der Waals surface area contributed by atoms with Gasteiger partial charge in [-0.2, -0.15) is 0 Å². The van der Waals surface area contributed by atoms with E-state index in [0.717, 1.165) is 24.5 Å². The Bertz CT molecular complexity index is 461. The van der Waals surface area contributed by atoms with Gasteiger partial charge in [-0.15, -0.1) is 0 Å². The monoisotopic (exact) mass is 280 g/mol. The molecule has 0 aliphatic heterocycles. The molecule has 1 amide bonds. The van der Waals surface area contributed by atoms with E-state index < -0.39 is 0 Å². The van der Waals surface area contributed by atoms with Crippen molar-refractivity contribution in [2.45, 2.75) is 52.0 Å². The van der Waals surface area contributed by atoms with Crippen LogP contribution < -0.4 is 5.32 Å². The molecule has 2 atom stereocenters. The molecule has 0 bridgehead atoms. The molecule has 4 heteroatoms. The SMILES string of the molecule is Cc1cc(Cl)c(C(=O)NC2CCCC(C)CC2)cn1. The third kappa shape index (κ3) is 3.93. The molecular weight excluding hydrogens is 260 g/mol. The topological polar surface area (TPSA) is 42.0 Å². The number of nitrogens with one attached hydrogen (secondary N) is 1. The molecule has 0 saturated heterocycles. The minimum Gasteiger partial charge on any atom is -0.349 e. The van der Waals surface area contributed by atoms with Crippen LogP contribution in [0.4, 0.5) is 0 Å². The van der Waals surface area contributed by atoms with Gasteiger partial charge in [0.15, 0.2) is 0 Å². The first-order chi connectivity index (χ1) is 9.06. The van der Waals surface area contributed by atoms with Crippen molar-refractivity contribution in [1.29, 1.82) is 0 Å². The van der Waals surface area contributed by atoms with Crippen LogP contribution in [0.3, 0.4) is 0 Å². The summed E-state index contributed by atoms with van der Waals surface area (Å²) in [6, 6.07) is 2.00. The Kier molecular flexibility index (Phi) is 4.81. The van der Waals surface area contributed by atoms with Gasteiger partial charge in [0, 0.05) is 17.9 Å². The molecule has 19 heavy (non-hydrogen) atoms. The van der Waals surface area contributed by atoms with E-state index in [-0.39, 0.29) is 11.9 Å². The summed E-state index contributed by atoms with van der Waals surface area (Å²) in [7, 11) is 0. The molecule has 1 saturated carbocycles. The van der Waals surface area contributed by atoms with Crippen molar-refractivity contribution < 1.29 is 4.79 Å². The second kappa shape index (κ2) is 6.38. The molecule has 1 aliphatic carbocycles. The van der Waals surface area contributed by atoms with Gasteiger partial charge in [-0.1, -0.05) is 31.4 Å². The molecule has 2 rings (SSSR count). The van der Waals surface area contributed by atoms with Gasteiger partial charge >= 0.3 is 0 Å². The van der Waals surface area contributed by atoms with Crippen LogP contribution in [0, 0.1) is 12.8 Å². The third-order valence-electron chi connectivity index (χ3n) is 3.83. The van der Waals surface area contributed by atoms with E-state index in [1.54, 1.807) is 12.3 Å². The average molecular weight is 281 g/mol. The summed E-state index contributed by atoms with van der Waals surface area (Å²) in [6.07, 6.45) is 7.32. The lowest BCUT2D eigenvalue weighted by atomic mass is 10.0. The van der Waals surface area contributed by atoms with Gasteiger partial charge in [0.05, 0.1) is 10.6 Å². The van der Waals surface area contributed by atoms with E-state index in [0.29, 0.717) is 10.6 Å². The smallest absolute Gasteiger partial charge is 0.254 e. The summed E-state index contributed by atoms with van der Waals surface area (Å²) in [6.45, 7) is 4.14. The van der Waals surface area contributed by atoms with Gasteiger partial charge < -0.3 is 5.32 Å². The highest BCUT2D eigenvalue weighted by molar-refractivity contribution is 6.33. The van der Waals surface area contributed by atoms with Crippen LogP contribution in [0.5, 0.6) is 0 Å². The molecule has 0 spiro atoms. The van der Waals surface area contributed by atoms with Crippen LogP contribution in [0.1, 0.15) is 55.1 Å². The number of halogens is 1. The Balaban J connectivity index is 2.00. The van der Waals surface area contributed by atoms with Gasteiger partial charge in [-0.3, -0.25) is 9.78 Å². The first-order valence-corrected chi connectivity index (χ1v) is 7.37. The highest BCUT2D eigenvalue weighted by Crippen LogP contribution is 2.23. The summed E-state index contributed by atoms with van der Waals surface area (Å²) in [5.41, 5.74) is 1.30. The quantitative estimate of drug-likeness (QED) is 0.839.